The van der Waals surface area contributed by atoms with E-state index in [1.807, 2.05) is 81.6 Å². The second-order valence-electron chi connectivity index (χ2n) is 25.9. The van der Waals surface area contributed by atoms with Crippen LogP contribution in [0.4, 0.5) is 11.4 Å². The van der Waals surface area contributed by atoms with Crippen LogP contribution in [0.5, 0.6) is 0 Å². The van der Waals surface area contributed by atoms with E-state index in [2.05, 4.69) is 91.3 Å². The van der Waals surface area contributed by atoms with Crippen LogP contribution in [-0.2, 0) is 22.7 Å². The van der Waals surface area contributed by atoms with Crippen LogP contribution in [0.2, 0.25) is 0 Å². The average molecular weight is 1350 g/mol. The Kier molecular flexibility index (Phi) is 20.7. The molecular weight excluding hydrogens is 1260 g/mol. The quantitative estimate of drug-likeness (QED) is 0.121. The van der Waals surface area contributed by atoms with E-state index in [9.17, 15) is 29.4 Å². The molecule has 26 nitrogen and oxygen atoms in total. The zero-order valence-corrected chi connectivity index (χ0v) is 54.9. The van der Waals surface area contributed by atoms with Gasteiger partial charge in [0.2, 0.25) is 11.8 Å². The summed E-state index contributed by atoms with van der Waals surface area (Å²) < 4.78 is 9.02. The van der Waals surface area contributed by atoms with Gasteiger partial charge in [-0.2, -0.15) is 20.4 Å². The number of carbonyl (C=O) groups is 2. The van der Waals surface area contributed by atoms with Crippen LogP contribution in [0, 0.1) is 11.8 Å². The van der Waals surface area contributed by atoms with Gasteiger partial charge in [0.1, 0.15) is 23.4 Å². The van der Waals surface area contributed by atoms with Crippen molar-refractivity contribution in [3.05, 3.63) is 124 Å². The molecule has 0 radical (unpaired) electrons. The zero-order valence-electron chi connectivity index (χ0n) is 52.5. The third-order valence-corrected chi connectivity index (χ3v) is 19.5. The zero-order chi connectivity index (χ0) is 63.4. The van der Waals surface area contributed by atoms with Gasteiger partial charge in [0.25, 0.3) is 11.1 Å². The second-order valence-corrected chi connectivity index (χ2v) is 26.8. The van der Waals surface area contributed by atoms with Crippen molar-refractivity contribution in [2.24, 2.45) is 23.3 Å². The first-order valence-corrected chi connectivity index (χ1v) is 32.9. The number of carbonyl (C=O) groups excluding carboxylic acids is 2. The number of piperazine rings is 2. The lowest BCUT2D eigenvalue weighted by Crippen LogP contribution is -2.50. The summed E-state index contributed by atoms with van der Waals surface area (Å²) in [6, 6.07) is 16.0. The summed E-state index contributed by atoms with van der Waals surface area (Å²) in [5.74, 6) is 0.770. The summed E-state index contributed by atoms with van der Waals surface area (Å²) in [5.41, 5.74) is 14.6. The number of likely N-dealkylation sites (N-methyl/N-ethyl adjacent to an activating group) is 2. The van der Waals surface area contributed by atoms with Crippen molar-refractivity contribution in [3.63, 3.8) is 0 Å². The molecule has 4 saturated heterocycles. The number of nitrogens with two attached hydrogens (primary N) is 2. The third kappa shape index (κ3) is 15.6. The molecular formula is C64H86BrClN20O6. The van der Waals surface area contributed by atoms with Gasteiger partial charge in [-0.15, -0.1) is 12.4 Å². The maximum absolute atomic E-state index is 13.3. The number of fused-ring (bicyclic) bond motifs is 2. The predicted octanol–water partition coefficient (Wildman–Crippen LogP) is 4.19. The van der Waals surface area contributed by atoms with Gasteiger partial charge in [-0.25, -0.2) is 24.0 Å². The molecule has 2 aromatic carbocycles. The number of rotatable bonds is 11. The number of aromatic nitrogens is 12. The van der Waals surface area contributed by atoms with Crippen molar-refractivity contribution in [1.82, 2.24) is 78.2 Å². The number of halogens is 2. The molecule has 492 valence electrons. The number of anilines is 2. The summed E-state index contributed by atoms with van der Waals surface area (Å²) in [4.78, 5) is 73.0. The Bertz CT molecular complexity index is 3860. The molecule has 7 fully saturated rings. The highest BCUT2D eigenvalue weighted by atomic mass is 79.9. The van der Waals surface area contributed by atoms with E-state index in [1.54, 1.807) is 9.36 Å². The minimum absolute atomic E-state index is 0. The number of aromatic amines is 1. The summed E-state index contributed by atoms with van der Waals surface area (Å²) in [6.45, 7) is 10.9. The molecule has 7 N–H and O–H groups in total. The monoisotopic (exact) mass is 1340 g/mol. The first-order valence-electron chi connectivity index (χ1n) is 32.1. The molecule has 3 aliphatic carbocycles. The SMILES string of the molecule is CN1CCN(c2cn[nH]c2)CC1.CN1CCN(c2cnn(-c3ccc(-n4ncc5c(=O)n(CC6(O)CCN(C(=O)C7CC7)CC6)cnc54)cc3)c2)CC1.Cl.N[C@@H]1CCCC[C@H]1N.O=C(C1CC1)N1CCC(O)(Cn2cnc3c(cnn3-c3ccc(Br)cc3)c2=O)CC1. The van der Waals surface area contributed by atoms with Crippen LogP contribution in [0.15, 0.2) is 112 Å². The number of benzene rings is 2. The smallest absolute Gasteiger partial charge is 0.264 e. The third-order valence-electron chi connectivity index (χ3n) is 19.0. The molecule has 8 aromatic rings. The van der Waals surface area contributed by atoms with Gasteiger partial charge in [0.05, 0.1) is 83.7 Å². The summed E-state index contributed by atoms with van der Waals surface area (Å²) in [5, 5.41) is 43.2. The van der Waals surface area contributed by atoms with E-state index in [1.165, 1.54) is 52.7 Å². The van der Waals surface area contributed by atoms with Crippen molar-refractivity contribution < 1.29 is 19.8 Å². The highest BCUT2D eigenvalue weighted by molar-refractivity contribution is 9.10. The highest BCUT2D eigenvalue weighted by Crippen LogP contribution is 2.35. The van der Waals surface area contributed by atoms with Crippen molar-refractivity contribution in [2.75, 3.05) is 102 Å². The van der Waals surface area contributed by atoms with Gasteiger partial charge in [-0.3, -0.25) is 33.4 Å². The van der Waals surface area contributed by atoms with Crippen LogP contribution in [0.25, 0.3) is 39.1 Å². The van der Waals surface area contributed by atoms with E-state index < -0.39 is 11.2 Å². The number of nitrogens with zero attached hydrogens (tertiary/aromatic N) is 17. The Morgan fingerprint density at radius 1 is 0.554 bits per heavy atom. The molecule has 0 bridgehead atoms. The van der Waals surface area contributed by atoms with Crippen LogP contribution >= 0.6 is 28.3 Å². The second kappa shape index (κ2) is 28.9. The molecule has 28 heteroatoms. The van der Waals surface area contributed by atoms with Crippen molar-refractivity contribution in [2.45, 2.75) is 113 Å². The van der Waals surface area contributed by atoms with Crippen LogP contribution in [0.3, 0.4) is 0 Å². The molecule has 2 atom stereocenters. The van der Waals surface area contributed by atoms with Gasteiger partial charge in [0, 0.05) is 113 Å². The average Bonchev–Trinajstić information content (AvgIpc) is 1.61. The molecule has 7 aliphatic rings. The molecule has 4 aliphatic heterocycles. The van der Waals surface area contributed by atoms with Crippen molar-refractivity contribution in [1.29, 1.82) is 0 Å². The van der Waals surface area contributed by atoms with Gasteiger partial charge < -0.3 is 51.1 Å². The molecule has 15 rings (SSSR count). The van der Waals surface area contributed by atoms with E-state index >= 15 is 0 Å². The Morgan fingerprint density at radius 3 is 1.39 bits per heavy atom. The molecule has 2 amide bonds. The van der Waals surface area contributed by atoms with Crippen LogP contribution in [-0.4, -0.2) is 216 Å². The summed E-state index contributed by atoms with van der Waals surface area (Å²) in [7, 11) is 4.30. The minimum Gasteiger partial charge on any atom is -0.388 e. The first kappa shape index (κ1) is 66.1. The van der Waals surface area contributed by atoms with E-state index in [4.69, 9.17) is 11.5 Å². The summed E-state index contributed by atoms with van der Waals surface area (Å²) in [6.07, 6.45) is 24.3. The van der Waals surface area contributed by atoms with Crippen LogP contribution < -0.4 is 32.4 Å². The highest BCUT2D eigenvalue weighted by Gasteiger charge is 2.41. The van der Waals surface area contributed by atoms with E-state index in [-0.39, 0.29) is 72.3 Å². The number of piperidine rings is 2. The Hall–Kier alpha value is -7.37. The lowest BCUT2D eigenvalue weighted by atomic mass is 9.91. The Morgan fingerprint density at radius 2 is 0.978 bits per heavy atom. The number of amides is 2. The van der Waals surface area contributed by atoms with Gasteiger partial charge in [0.15, 0.2) is 11.3 Å². The lowest BCUT2D eigenvalue weighted by molar-refractivity contribution is -0.138. The maximum atomic E-state index is 13.3. The number of hydrogen-bond donors (Lipinski definition) is 5. The van der Waals surface area contributed by atoms with Gasteiger partial charge in [-0.05, 0) is 127 Å². The summed E-state index contributed by atoms with van der Waals surface area (Å²) >= 11 is 3.41. The molecule has 92 heavy (non-hydrogen) atoms. The lowest BCUT2D eigenvalue weighted by Gasteiger charge is -2.38. The molecule has 10 heterocycles. The number of aliphatic hydroxyl groups is 2. The first-order chi connectivity index (χ1) is 44.0. The maximum Gasteiger partial charge on any atom is 0.264 e. The number of likely N-dealkylation sites (tertiary alicyclic amines) is 2. The largest absolute Gasteiger partial charge is 0.388 e. The van der Waals surface area contributed by atoms with E-state index in [0.29, 0.717) is 73.9 Å². The fourth-order valence-corrected chi connectivity index (χ4v) is 12.9. The topological polar surface area (TPSA) is 298 Å². The molecule has 6 aromatic heterocycles. The fraction of sp³-hybridized carbons (Fsp3) is 0.531. The Labute approximate surface area is 548 Å². The Balaban J connectivity index is 0.000000147. The van der Waals surface area contributed by atoms with E-state index in [0.717, 1.165) is 118 Å². The van der Waals surface area contributed by atoms with Gasteiger partial charge >= 0.3 is 0 Å². The fourth-order valence-electron chi connectivity index (χ4n) is 12.6. The molecule has 0 spiro atoms. The number of nitrogens with one attached hydrogen (secondary N) is 1. The molecule has 3 saturated carbocycles. The number of H-pyrrole nitrogens is 1. The number of hydrogen-bond acceptors (Lipinski definition) is 18. The normalized spacial score (nSPS) is 20.9. The van der Waals surface area contributed by atoms with Crippen molar-refractivity contribution in [3.8, 4) is 17.1 Å². The van der Waals surface area contributed by atoms with Crippen LogP contribution in [0.1, 0.15) is 77.0 Å². The predicted molar refractivity (Wildman–Crippen MR) is 358 cm³/mol. The van der Waals surface area contributed by atoms with Gasteiger partial charge in [-0.1, -0.05) is 28.8 Å². The minimum atomic E-state index is -1.05. The standard InChI is InChI=1S/C29H35N9O3.C21H22BrN5O3.C8H14N4.C6H14N2.ClH/c1-33-12-14-34(15-13-33)24-16-31-37(18-24)22-4-6-23(7-5-22)38-26-25(17-32-38)28(40)36(20-30-26)19-29(41)8-10-35(11-9-29)27(39)21-2-3-21;22-15-3-5-16(6-4-15)27-18-17(11-24-27)20(29)26(13-23-18)12-21(30)7-9-25(10-8-21)19(28)14-1-2-14;1-11-2-4-12(5-3-11)8-6-9-10-7-8;7-5-3-1-2-4-6(5)8;/h4-7,16-18,20-21,41H,2-3,8-15,19H2,1H3;3-6,11,13-14,30H,1-2,7-10,12H2;6-7H,2-5H2,1H3,(H,9,10);5-6H,1-4,7-8H2;1H/t;;;5-,6-;/m...1./s1. The van der Waals surface area contributed by atoms with Crippen molar-refractivity contribution >= 4 is 73.6 Å². The molecule has 0 unspecified atom stereocenters.